The van der Waals surface area contributed by atoms with E-state index in [1.165, 1.54) is 18.9 Å². The van der Waals surface area contributed by atoms with Gasteiger partial charge in [-0.3, -0.25) is 0 Å². The van der Waals surface area contributed by atoms with Gasteiger partial charge >= 0.3 is 6.01 Å². The molecule has 0 aliphatic heterocycles. The Kier molecular flexibility index (Phi) is 4.04. The lowest BCUT2D eigenvalue weighted by Crippen LogP contribution is -1.96. The van der Waals surface area contributed by atoms with E-state index < -0.39 is 0 Å². The van der Waals surface area contributed by atoms with Crippen molar-refractivity contribution >= 4 is 35.0 Å². The predicted octanol–water partition coefficient (Wildman–Crippen LogP) is 3.34. The van der Waals surface area contributed by atoms with Gasteiger partial charge in [0, 0.05) is 9.92 Å². The maximum Gasteiger partial charge on any atom is 0.321 e. The molecule has 17 heavy (non-hydrogen) atoms. The highest BCUT2D eigenvalue weighted by Crippen LogP contribution is 2.27. The molecule has 0 aliphatic rings. The molecular weight excluding hydrogens is 281 g/mol. The molecule has 4 nitrogen and oxygen atoms in total. The molecule has 1 heterocycles. The first-order chi connectivity index (χ1) is 8.17. The zero-order chi connectivity index (χ0) is 12.3. The quantitative estimate of drug-likeness (QED) is 0.867. The fraction of sp³-hybridized carbons (Fsp3) is 0.100. The van der Waals surface area contributed by atoms with Crippen molar-refractivity contribution in [3.8, 4) is 6.01 Å². The van der Waals surface area contributed by atoms with Crippen LogP contribution in [0.2, 0.25) is 10.3 Å². The molecule has 0 fully saturated rings. The van der Waals surface area contributed by atoms with Crippen molar-refractivity contribution in [1.82, 2.24) is 15.0 Å². The van der Waals surface area contributed by atoms with Crippen LogP contribution in [-0.2, 0) is 0 Å². The van der Waals surface area contributed by atoms with Crippen LogP contribution >= 0.6 is 35.0 Å². The first kappa shape index (κ1) is 12.4. The zero-order valence-corrected chi connectivity index (χ0v) is 11.1. The molecule has 0 atom stereocenters. The van der Waals surface area contributed by atoms with Crippen molar-refractivity contribution in [3.05, 3.63) is 34.6 Å². The number of methoxy groups -OCH3 is 1. The Morgan fingerprint density at radius 2 is 2.00 bits per heavy atom. The van der Waals surface area contributed by atoms with Gasteiger partial charge < -0.3 is 4.74 Å². The summed E-state index contributed by atoms with van der Waals surface area (Å²) in [7, 11) is 1.47. The van der Waals surface area contributed by atoms with Crippen LogP contribution in [0.4, 0.5) is 0 Å². The molecule has 2 aromatic rings. The van der Waals surface area contributed by atoms with Crippen molar-refractivity contribution in [2.45, 2.75) is 10.1 Å². The molecule has 0 aliphatic carbocycles. The van der Waals surface area contributed by atoms with E-state index in [9.17, 15) is 0 Å². The van der Waals surface area contributed by atoms with Gasteiger partial charge in [0.1, 0.15) is 0 Å². The summed E-state index contributed by atoms with van der Waals surface area (Å²) < 4.78 is 4.91. The first-order valence-corrected chi connectivity index (χ1v) is 6.13. The Labute approximate surface area is 112 Å². The normalized spacial score (nSPS) is 10.3. The van der Waals surface area contributed by atoms with E-state index in [0.717, 1.165) is 4.90 Å². The number of nitrogens with zero attached hydrogens (tertiary/aromatic N) is 3. The fourth-order valence-electron chi connectivity index (χ4n) is 1.09. The summed E-state index contributed by atoms with van der Waals surface area (Å²) in [6.07, 6.45) is 0. The first-order valence-electron chi connectivity index (χ1n) is 4.56. The summed E-state index contributed by atoms with van der Waals surface area (Å²) in [5, 5.41) is 1.22. The Bertz CT molecular complexity index is 539. The highest BCUT2D eigenvalue weighted by atomic mass is 35.5. The average Bonchev–Trinajstić information content (AvgIpc) is 2.28. The van der Waals surface area contributed by atoms with Crippen LogP contribution in [0.1, 0.15) is 0 Å². The summed E-state index contributed by atoms with van der Waals surface area (Å²) in [6, 6.07) is 7.56. The van der Waals surface area contributed by atoms with Crippen molar-refractivity contribution in [1.29, 1.82) is 0 Å². The second-order valence-electron chi connectivity index (χ2n) is 2.93. The van der Waals surface area contributed by atoms with E-state index in [4.69, 9.17) is 27.9 Å². The molecule has 0 spiro atoms. The van der Waals surface area contributed by atoms with Gasteiger partial charge in [-0.05, 0) is 41.6 Å². The summed E-state index contributed by atoms with van der Waals surface area (Å²) in [6.45, 7) is 0. The lowest BCUT2D eigenvalue weighted by atomic mass is 10.4. The second kappa shape index (κ2) is 5.53. The molecule has 0 saturated heterocycles. The van der Waals surface area contributed by atoms with Crippen molar-refractivity contribution in [3.63, 3.8) is 0 Å². The van der Waals surface area contributed by atoms with Crippen LogP contribution in [-0.4, -0.2) is 22.1 Å². The van der Waals surface area contributed by atoms with Gasteiger partial charge in [0.25, 0.3) is 0 Å². The average molecular weight is 288 g/mol. The standard InChI is InChI=1S/C10H7Cl2N3OS/c1-16-9-13-8(12)14-10(15-9)17-7-4-2-3-6(11)5-7/h2-5H,1H3. The molecule has 0 radical (unpaired) electrons. The maximum absolute atomic E-state index is 5.88. The minimum absolute atomic E-state index is 0.0985. The predicted molar refractivity (Wildman–Crippen MR) is 67.0 cm³/mol. The molecule has 1 aromatic heterocycles. The molecule has 0 N–H and O–H groups in total. The highest BCUT2D eigenvalue weighted by Gasteiger charge is 2.07. The number of hydrogen-bond acceptors (Lipinski definition) is 5. The zero-order valence-electron chi connectivity index (χ0n) is 8.72. The lowest BCUT2D eigenvalue weighted by molar-refractivity contribution is 0.373. The number of hydrogen-bond donors (Lipinski definition) is 0. The van der Waals surface area contributed by atoms with E-state index in [1.54, 1.807) is 6.07 Å². The Morgan fingerprint density at radius 3 is 2.71 bits per heavy atom. The largest absolute Gasteiger partial charge is 0.467 e. The molecule has 2 rings (SSSR count). The second-order valence-corrected chi connectivity index (χ2v) is 4.75. The molecule has 0 bridgehead atoms. The highest BCUT2D eigenvalue weighted by molar-refractivity contribution is 7.99. The Hall–Kier alpha value is -1.04. The Balaban J connectivity index is 2.26. The van der Waals surface area contributed by atoms with Crippen molar-refractivity contribution in [2.75, 3.05) is 7.11 Å². The number of ether oxygens (including phenoxy) is 1. The van der Waals surface area contributed by atoms with Crippen LogP contribution in [0.5, 0.6) is 6.01 Å². The van der Waals surface area contributed by atoms with E-state index in [-0.39, 0.29) is 11.3 Å². The van der Waals surface area contributed by atoms with Gasteiger partial charge in [0.2, 0.25) is 5.28 Å². The molecule has 7 heteroatoms. The number of aromatic nitrogens is 3. The van der Waals surface area contributed by atoms with E-state index in [2.05, 4.69) is 15.0 Å². The van der Waals surface area contributed by atoms with Crippen molar-refractivity contribution in [2.24, 2.45) is 0 Å². The SMILES string of the molecule is COc1nc(Cl)nc(Sc2cccc(Cl)c2)n1. The van der Waals surface area contributed by atoms with Gasteiger partial charge in [-0.2, -0.15) is 15.0 Å². The number of halogens is 2. The van der Waals surface area contributed by atoms with Gasteiger partial charge in [0.05, 0.1) is 7.11 Å². The van der Waals surface area contributed by atoms with Crippen LogP contribution in [0, 0.1) is 0 Å². The van der Waals surface area contributed by atoms with Crippen LogP contribution in [0.15, 0.2) is 34.3 Å². The lowest BCUT2D eigenvalue weighted by Gasteiger charge is -2.02. The monoisotopic (exact) mass is 287 g/mol. The smallest absolute Gasteiger partial charge is 0.321 e. The van der Waals surface area contributed by atoms with E-state index in [1.807, 2.05) is 18.2 Å². The third-order valence-electron chi connectivity index (χ3n) is 1.75. The van der Waals surface area contributed by atoms with Crippen LogP contribution in [0.3, 0.4) is 0 Å². The Morgan fingerprint density at radius 1 is 1.18 bits per heavy atom. The topological polar surface area (TPSA) is 47.9 Å². The summed E-state index contributed by atoms with van der Waals surface area (Å²) in [4.78, 5) is 12.8. The van der Waals surface area contributed by atoms with E-state index in [0.29, 0.717) is 10.2 Å². The minimum atomic E-state index is 0.0985. The van der Waals surface area contributed by atoms with Crippen LogP contribution < -0.4 is 4.74 Å². The van der Waals surface area contributed by atoms with Crippen molar-refractivity contribution < 1.29 is 4.74 Å². The molecule has 0 saturated carbocycles. The molecule has 0 amide bonds. The number of benzene rings is 1. The van der Waals surface area contributed by atoms with Crippen LogP contribution in [0.25, 0.3) is 0 Å². The van der Waals surface area contributed by atoms with Gasteiger partial charge in [-0.1, -0.05) is 17.7 Å². The molecule has 1 aromatic carbocycles. The molecular formula is C10H7Cl2N3OS. The van der Waals surface area contributed by atoms with E-state index >= 15 is 0 Å². The third kappa shape index (κ3) is 3.46. The minimum Gasteiger partial charge on any atom is -0.467 e. The summed E-state index contributed by atoms with van der Waals surface area (Å²) >= 11 is 13.0. The van der Waals surface area contributed by atoms with Gasteiger partial charge in [-0.25, -0.2) is 0 Å². The summed E-state index contributed by atoms with van der Waals surface area (Å²) in [5.41, 5.74) is 0. The molecule has 88 valence electrons. The van der Waals surface area contributed by atoms with Gasteiger partial charge in [-0.15, -0.1) is 0 Å². The molecule has 0 unspecified atom stereocenters. The maximum atomic E-state index is 5.88. The summed E-state index contributed by atoms with van der Waals surface area (Å²) in [5.74, 6) is 0. The third-order valence-corrected chi connectivity index (χ3v) is 3.01. The van der Waals surface area contributed by atoms with Gasteiger partial charge in [0.15, 0.2) is 5.16 Å². The number of rotatable bonds is 3. The fourth-order valence-corrected chi connectivity index (χ4v) is 2.34.